The summed E-state index contributed by atoms with van der Waals surface area (Å²) in [6, 6.07) is 9.48. The predicted octanol–water partition coefficient (Wildman–Crippen LogP) is 5.60. The maximum atomic E-state index is 12.2. The Morgan fingerprint density at radius 2 is 1.94 bits per heavy atom. The summed E-state index contributed by atoms with van der Waals surface area (Å²) < 4.78 is 17.9. The molecule has 0 radical (unpaired) electrons. The largest absolute Gasteiger partial charge is 0.493 e. The summed E-state index contributed by atoms with van der Waals surface area (Å²) in [7, 11) is 1.59. The molecule has 2 aromatic rings. The Balaban J connectivity index is 1.93. The molecule has 2 rings (SSSR count). The Hall–Kier alpha value is -2.54. The van der Waals surface area contributed by atoms with E-state index in [0.29, 0.717) is 23.9 Å². The van der Waals surface area contributed by atoms with Crippen molar-refractivity contribution in [2.75, 3.05) is 20.3 Å². The van der Waals surface area contributed by atoms with Gasteiger partial charge in [0.05, 0.1) is 19.9 Å². The fraction of sp³-hybridized carbons (Fsp3) is 0.417. The van der Waals surface area contributed by atoms with Crippen molar-refractivity contribution < 1.29 is 19.0 Å². The Bertz CT molecular complexity index is 913. The number of aryl methyl sites for hydroxylation is 1. The molecule has 0 aliphatic rings. The average Bonchev–Trinajstić information content (AvgIpc) is 2.75. The second kappa shape index (κ2) is 12.3. The first-order chi connectivity index (χ1) is 14.8. The van der Waals surface area contributed by atoms with Crippen LogP contribution >= 0.6 is 15.9 Å². The summed E-state index contributed by atoms with van der Waals surface area (Å²) >= 11 is 3.54. The van der Waals surface area contributed by atoms with Gasteiger partial charge in [0.25, 0.3) is 5.91 Å². The minimum atomic E-state index is -0.335. The van der Waals surface area contributed by atoms with Gasteiger partial charge in [0, 0.05) is 4.47 Å². The average molecular weight is 491 g/mol. The zero-order valence-electron chi connectivity index (χ0n) is 18.8. The molecule has 2 aromatic carbocycles. The maximum absolute atomic E-state index is 12.2. The Kier molecular flexibility index (Phi) is 9.85. The highest BCUT2D eigenvalue weighted by molar-refractivity contribution is 9.10. The number of nitrogens with zero attached hydrogens (tertiary/aromatic N) is 1. The van der Waals surface area contributed by atoms with Gasteiger partial charge in [-0.15, -0.1) is 0 Å². The van der Waals surface area contributed by atoms with E-state index in [-0.39, 0.29) is 18.4 Å². The second-order valence-corrected chi connectivity index (χ2v) is 8.34. The fourth-order valence-corrected chi connectivity index (χ4v) is 3.17. The number of unbranched alkanes of at least 4 members (excludes halogenated alkanes) is 1. The number of benzene rings is 2. The van der Waals surface area contributed by atoms with E-state index in [4.69, 9.17) is 14.2 Å². The molecule has 0 saturated carbocycles. The van der Waals surface area contributed by atoms with Crippen LogP contribution in [0.2, 0.25) is 0 Å². The normalized spacial score (nSPS) is 11.1. The number of hydrogen-bond donors (Lipinski definition) is 1. The van der Waals surface area contributed by atoms with Crippen molar-refractivity contribution in [1.29, 1.82) is 0 Å². The van der Waals surface area contributed by atoms with Crippen LogP contribution < -0.4 is 19.6 Å². The Morgan fingerprint density at radius 1 is 1.16 bits per heavy atom. The van der Waals surface area contributed by atoms with Crippen LogP contribution in [-0.2, 0) is 4.79 Å². The molecule has 0 bridgehead atoms. The Labute approximate surface area is 193 Å². The van der Waals surface area contributed by atoms with Crippen molar-refractivity contribution in [3.8, 4) is 17.2 Å². The van der Waals surface area contributed by atoms with Crippen LogP contribution in [0.3, 0.4) is 0 Å². The third-order valence-corrected chi connectivity index (χ3v) is 5.47. The first kappa shape index (κ1) is 24.7. The van der Waals surface area contributed by atoms with Crippen LogP contribution in [0.1, 0.15) is 56.2 Å². The Morgan fingerprint density at radius 3 is 2.61 bits per heavy atom. The highest BCUT2D eigenvalue weighted by atomic mass is 79.9. The summed E-state index contributed by atoms with van der Waals surface area (Å²) in [5.41, 5.74) is 5.37. The van der Waals surface area contributed by atoms with Gasteiger partial charge in [-0.1, -0.05) is 43.1 Å². The molecule has 7 heteroatoms. The summed E-state index contributed by atoms with van der Waals surface area (Å²) in [6.45, 7) is 8.80. The first-order valence-electron chi connectivity index (χ1n) is 10.4. The van der Waals surface area contributed by atoms with Crippen molar-refractivity contribution in [2.24, 2.45) is 5.10 Å². The van der Waals surface area contributed by atoms with Crippen molar-refractivity contribution >= 4 is 28.1 Å². The highest BCUT2D eigenvalue weighted by Gasteiger charge is 2.12. The number of rotatable bonds is 11. The summed E-state index contributed by atoms with van der Waals surface area (Å²) in [4.78, 5) is 12.2. The number of halogens is 1. The molecule has 0 fully saturated rings. The molecule has 0 aliphatic heterocycles. The molecule has 31 heavy (non-hydrogen) atoms. The quantitative estimate of drug-likeness (QED) is 0.253. The lowest BCUT2D eigenvalue weighted by Gasteiger charge is -2.15. The first-order valence-corrected chi connectivity index (χ1v) is 11.2. The third-order valence-electron chi connectivity index (χ3n) is 4.62. The van der Waals surface area contributed by atoms with Crippen molar-refractivity contribution in [3.63, 3.8) is 0 Å². The molecular weight excluding hydrogens is 460 g/mol. The minimum Gasteiger partial charge on any atom is -0.493 e. The molecule has 0 heterocycles. The van der Waals surface area contributed by atoms with E-state index in [1.807, 2.05) is 37.3 Å². The van der Waals surface area contributed by atoms with E-state index in [0.717, 1.165) is 34.0 Å². The molecule has 0 unspecified atom stereocenters. The number of nitrogens with one attached hydrogen (secondary N) is 1. The minimum absolute atomic E-state index is 0.119. The second-order valence-electron chi connectivity index (χ2n) is 7.49. The van der Waals surface area contributed by atoms with E-state index in [2.05, 4.69) is 47.2 Å². The fourth-order valence-electron chi connectivity index (χ4n) is 2.81. The van der Waals surface area contributed by atoms with Crippen LogP contribution in [0.4, 0.5) is 0 Å². The van der Waals surface area contributed by atoms with Gasteiger partial charge in [-0.05, 0) is 66.3 Å². The topological polar surface area (TPSA) is 69.2 Å². The molecule has 0 saturated heterocycles. The van der Waals surface area contributed by atoms with E-state index >= 15 is 0 Å². The van der Waals surface area contributed by atoms with Crippen molar-refractivity contribution in [2.45, 2.75) is 46.5 Å². The summed E-state index contributed by atoms with van der Waals surface area (Å²) in [6.07, 6.45) is 3.61. The molecule has 1 N–H and O–H groups in total. The third kappa shape index (κ3) is 7.58. The maximum Gasteiger partial charge on any atom is 0.277 e. The standard InChI is InChI=1S/C24H31BrN2O4/c1-6-7-10-30-21-9-8-18(12-23(21)29-5)14-26-27-24(28)15-31-22-11-17(4)20(25)13-19(22)16(2)3/h8-9,11-14,16H,6-7,10,15H2,1-5H3,(H,27,28)/b26-14+. The molecule has 0 spiro atoms. The number of methoxy groups -OCH3 is 1. The van der Waals surface area contributed by atoms with Crippen LogP contribution in [0, 0.1) is 6.92 Å². The predicted molar refractivity (Wildman–Crippen MR) is 128 cm³/mol. The highest BCUT2D eigenvalue weighted by Crippen LogP contribution is 2.32. The SMILES string of the molecule is CCCCOc1ccc(/C=N/NC(=O)COc2cc(C)c(Br)cc2C(C)C)cc1OC. The smallest absolute Gasteiger partial charge is 0.277 e. The molecule has 6 nitrogen and oxygen atoms in total. The number of hydrazone groups is 1. The molecular formula is C24H31BrN2O4. The lowest BCUT2D eigenvalue weighted by Crippen LogP contribution is -2.25. The van der Waals surface area contributed by atoms with Crippen LogP contribution in [0.5, 0.6) is 17.2 Å². The molecule has 0 aromatic heterocycles. The molecule has 0 aliphatic carbocycles. The summed E-state index contributed by atoms with van der Waals surface area (Å²) in [5.74, 6) is 1.96. The number of carbonyl (C=O) groups excluding carboxylic acids is 1. The van der Waals surface area contributed by atoms with Gasteiger partial charge in [0.1, 0.15) is 5.75 Å². The molecule has 168 valence electrons. The number of amides is 1. The van der Waals surface area contributed by atoms with Gasteiger partial charge in [0.15, 0.2) is 18.1 Å². The van der Waals surface area contributed by atoms with Gasteiger partial charge in [-0.2, -0.15) is 5.10 Å². The molecule has 0 atom stereocenters. The zero-order chi connectivity index (χ0) is 22.8. The lowest BCUT2D eigenvalue weighted by atomic mass is 10.0. The number of ether oxygens (including phenoxy) is 3. The van der Waals surface area contributed by atoms with Crippen molar-refractivity contribution in [3.05, 3.63) is 51.5 Å². The van der Waals surface area contributed by atoms with Crippen LogP contribution in [0.15, 0.2) is 39.9 Å². The summed E-state index contributed by atoms with van der Waals surface area (Å²) in [5, 5.41) is 4.02. The van der Waals surface area contributed by atoms with Crippen LogP contribution in [0.25, 0.3) is 0 Å². The van der Waals surface area contributed by atoms with Gasteiger partial charge in [-0.25, -0.2) is 5.43 Å². The van der Waals surface area contributed by atoms with E-state index in [9.17, 15) is 4.79 Å². The number of carbonyl (C=O) groups is 1. The van der Waals surface area contributed by atoms with Gasteiger partial charge >= 0.3 is 0 Å². The monoisotopic (exact) mass is 490 g/mol. The number of hydrogen-bond acceptors (Lipinski definition) is 5. The molecule has 1 amide bonds. The van der Waals surface area contributed by atoms with E-state index in [1.165, 1.54) is 0 Å². The lowest BCUT2D eigenvalue weighted by molar-refractivity contribution is -0.123. The van der Waals surface area contributed by atoms with Gasteiger partial charge in [-0.3, -0.25) is 4.79 Å². The van der Waals surface area contributed by atoms with E-state index < -0.39 is 0 Å². The zero-order valence-corrected chi connectivity index (χ0v) is 20.4. The van der Waals surface area contributed by atoms with Gasteiger partial charge in [0.2, 0.25) is 0 Å². The van der Waals surface area contributed by atoms with E-state index in [1.54, 1.807) is 13.3 Å². The van der Waals surface area contributed by atoms with Crippen LogP contribution in [-0.4, -0.2) is 32.4 Å². The van der Waals surface area contributed by atoms with Gasteiger partial charge < -0.3 is 14.2 Å². The van der Waals surface area contributed by atoms with Crippen molar-refractivity contribution in [1.82, 2.24) is 5.43 Å².